The summed E-state index contributed by atoms with van der Waals surface area (Å²) in [5, 5.41) is 9.95. The third kappa shape index (κ3) is 3.46. The third-order valence-corrected chi connectivity index (χ3v) is 6.13. The Morgan fingerprint density at radius 3 is 2.63 bits per heavy atom. The summed E-state index contributed by atoms with van der Waals surface area (Å²) in [6, 6.07) is 0. The minimum absolute atomic E-state index is 0.0712. The van der Waals surface area contributed by atoms with Crippen molar-refractivity contribution in [3.63, 3.8) is 0 Å². The Bertz CT molecular complexity index is 626. The molecule has 8 heteroatoms. The average molecular weight is 390 g/mol. The maximum absolute atomic E-state index is 13.8. The lowest BCUT2D eigenvalue weighted by Gasteiger charge is -2.54. The van der Waals surface area contributed by atoms with Gasteiger partial charge in [-0.1, -0.05) is 12.8 Å². The summed E-state index contributed by atoms with van der Waals surface area (Å²) in [6.45, 7) is 3.35. The number of hydrogen-bond donors (Lipinski definition) is 1. The molecule has 3 aliphatic rings. The molecule has 0 radical (unpaired) electrons. The van der Waals surface area contributed by atoms with E-state index >= 15 is 0 Å². The maximum atomic E-state index is 13.8. The van der Waals surface area contributed by atoms with Crippen molar-refractivity contribution in [1.29, 1.82) is 0 Å². The molecule has 1 saturated carbocycles. The summed E-state index contributed by atoms with van der Waals surface area (Å²) >= 11 is 0. The van der Waals surface area contributed by atoms with Crippen LogP contribution < -0.4 is 0 Å². The number of alkyl halides is 3. The number of allylic oxidation sites excluding steroid dienone is 1. The van der Waals surface area contributed by atoms with Crippen molar-refractivity contribution in [3.05, 3.63) is 11.3 Å². The van der Waals surface area contributed by atoms with Gasteiger partial charge in [0.15, 0.2) is 5.60 Å². The van der Waals surface area contributed by atoms with Crippen molar-refractivity contribution < 1.29 is 37.5 Å². The molecule has 0 aromatic rings. The lowest BCUT2D eigenvalue weighted by atomic mass is 9.59. The third-order valence-electron chi connectivity index (χ3n) is 6.13. The van der Waals surface area contributed by atoms with Crippen LogP contribution in [0.25, 0.3) is 0 Å². The summed E-state index contributed by atoms with van der Waals surface area (Å²) in [4.78, 5) is 5.00. The molecule has 2 aliphatic heterocycles. The van der Waals surface area contributed by atoms with Crippen LogP contribution in [0.15, 0.2) is 11.3 Å². The van der Waals surface area contributed by atoms with Gasteiger partial charge < -0.3 is 14.2 Å². The highest BCUT2D eigenvalue weighted by molar-refractivity contribution is 5.28. The minimum atomic E-state index is -4.71. The van der Waals surface area contributed by atoms with Crippen molar-refractivity contribution in [3.8, 4) is 12.3 Å². The van der Waals surface area contributed by atoms with Crippen molar-refractivity contribution in [2.24, 2.45) is 17.8 Å². The second-order valence-electron chi connectivity index (χ2n) is 7.68. The number of rotatable bonds is 4. The molecule has 2 unspecified atom stereocenters. The van der Waals surface area contributed by atoms with Crippen LogP contribution in [0.1, 0.15) is 39.5 Å². The van der Waals surface area contributed by atoms with Crippen molar-refractivity contribution >= 4 is 0 Å². The number of ether oxygens (including phenoxy) is 3. The molecule has 0 aromatic heterocycles. The first-order valence-corrected chi connectivity index (χ1v) is 9.21. The van der Waals surface area contributed by atoms with E-state index < -0.39 is 29.7 Å². The fraction of sp³-hybridized carbons (Fsp3) is 0.789. The summed E-state index contributed by atoms with van der Waals surface area (Å²) in [5.41, 5.74) is -1.47. The smallest absolute Gasteiger partial charge is 0.449 e. The molecule has 6 atom stereocenters. The minimum Gasteiger partial charge on any atom is -0.456 e. The summed E-state index contributed by atoms with van der Waals surface area (Å²) in [6.07, 6.45) is 1.22. The SMILES string of the molecule is C#CCOCC1=C(C(F)(F)F)O[C@@H]2O[C@@H](C)CCC3[C@H](C)CC[C@@H]1C32OO. The van der Waals surface area contributed by atoms with Crippen LogP contribution in [0, 0.1) is 30.1 Å². The van der Waals surface area contributed by atoms with E-state index in [1.54, 1.807) is 6.92 Å². The molecular formula is C19H25F3O5. The molecule has 1 saturated heterocycles. The van der Waals surface area contributed by atoms with E-state index in [4.69, 9.17) is 25.5 Å². The highest BCUT2D eigenvalue weighted by atomic mass is 19.4. The van der Waals surface area contributed by atoms with Gasteiger partial charge in [-0.2, -0.15) is 13.2 Å². The predicted molar refractivity (Wildman–Crippen MR) is 89.2 cm³/mol. The fourth-order valence-electron chi connectivity index (χ4n) is 4.92. The van der Waals surface area contributed by atoms with E-state index in [9.17, 15) is 18.4 Å². The van der Waals surface area contributed by atoms with Crippen LogP contribution in [0.5, 0.6) is 0 Å². The second-order valence-corrected chi connectivity index (χ2v) is 7.68. The van der Waals surface area contributed by atoms with Crippen LogP contribution in [-0.2, 0) is 19.1 Å². The number of halogens is 3. The van der Waals surface area contributed by atoms with Crippen LogP contribution in [0.3, 0.4) is 0 Å². The fourth-order valence-corrected chi connectivity index (χ4v) is 4.92. The van der Waals surface area contributed by atoms with Gasteiger partial charge in [0.1, 0.15) is 6.61 Å². The van der Waals surface area contributed by atoms with Gasteiger partial charge in [0.05, 0.1) is 12.7 Å². The number of terminal acetylenes is 1. The molecule has 152 valence electrons. The molecule has 27 heavy (non-hydrogen) atoms. The van der Waals surface area contributed by atoms with Gasteiger partial charge in [0, 0.05) is 17.4 Å². The molecule has 0 spiro atoms. The zero-order valence-corrected chi connectivity index (χ0v) is 15.4. The lowest BCUT2D eigenvalue weighted by molar-refractivity contribution is -0.420. The van der Waals surface area contributed by atoms with Gasteiger partial charge in [-0.05, 0) is 38.5 Å². The quantitative estimate of drug-likeness (QED) is 0.342. The Labute approximate surface area is 156 Å². The normalized spacial score (nSPS) is 39.2. The first-order chi connectivity index (χ1) is 12.8. The Balaban J connectivity index is 2.12. The topological polar surface area (TPSA) is 57.2 Å². The molecule has 3 rings (SSSR count). The molecular weight excluding hydrogens is 365 g/mol. The van der Waals surface area contributed by atoms with Crippen molar-refractivity contribution in [1.82, 2.24) is 0 Å². The summed E-state index contributed by atoms with van der Waals surface area (Å²) in [5.74, 6) is 0.339. The molecule has 0 amide bonds. The van der Waals surface area contributed by atoms with Gasteiger partial charge in [0.25, 0.3) is 0 Å². The molecule has 2 heterocycles. The molecule has 0 aromatic carbocycles. The van der Waals surface area contributed by atoms with E-state index in [0.29, 0.717) is 25.7 Å². The molecule has 2 fully saturated rings. The summed E-state index contributed by atoms with van der Waals surface area (Å²) in [7, 11) is 0. The van der Waals surface area contributed by atoms with Crippen LogP contribution in [-0.4, -0.2) is 42.6 Å². The molecule has 1 N–H and O–H groups in total. The number of hydrogen-bond acceptors (Lipinski definition) is 5. The lowest BCUT2D eigenvalue weighted by Crippen LogP contribution is -2.64. The van der Waals surface area contributed by atoms with E-state index in [0.717, 1.165) is 0 Å². The van der Waals surface area contributed by atoms with E-state index in [-0.39, 0.29) is 36.7 Å². The highest BCUT2D eigenvalue weighted by Gasteiger charge is 2.65. The predicted octanol–water partition coefficient (Wildman–Crippen LogP) is 3.90. The second kappa shape index (κ2) is 7.63. The zero-order valence-electron chi connectivity index (χ0n) is 15.4. The van der Waals surface area contributed by atoms with E-state index in [2.05, 4.69) is 5.92 Å². The molecule has 1 aliphatic carbocycles. The average Bonchev–Trinajstić information content (AvgIpc) is 2.75. The Hall–Kier alpha value is -1.27. The van der Waals surface area contributed by atoms with Gasteiger partial charge in [-0.3, -0.25) is 5.26 Å². The van der Waals surface area contributed by atoms with Crippen LogP contribution >= 0.6 is 0 Å². The van der Waals surface area contributed by atoms with E-state index in [1.807, 2.05) is 6.92 Å². The first-order valence-electron chi connectivity index (χ1n) is 9.21. The van der Waals surface area contributed by atoms with Crippen LogP contribution in [0.2, 0.25) is 0 Å². The van der Waals surface area contributed by atoms with Crippen LogP contribution in [0.4, 0.5) is 13.2 Å². The van der Waals surface area contributed by atoms with E-state index in [1.165, 1.54) is 0 Å². The van der Waals surface area contributed by atoms with Crippen molar-refractivity contribution in [2.75, 3.05) is 13.2 Å². The van der Waals surface area contributed by atoms with Gasteiger partial charge in [-0.25, -0.2) is 4.89 Å². The van der Waals surface area contributed by atoms with Gasteiger partial charge in [0.2, 0.25) is 12.0 Å². The summed E-state index contributed by atoms with van der Waals surface area (Å²) < 4.78 is 57.6. The monoisotopic (exact) mass is 390 g/mol. The van der Waals surface area contributed by atoms with Gasteiger partial charge >= 0.3 is 6.18 Å². The Morgan fingerprint density at radius 1 is 1.26 bits per heavy atom. The largest absolute Gasteiger partial charge is 0.456 e. The zero-order chi connectivity index (χ0) is 19.8. The Kier molecular flexibility index (Phi) is 5.78. The molecule has 0 bridgehead atoms. The standard InChI is InChI=1S/C19H25F3O5/c1-4-9-24-10-13-15-7-5-11(2)14-8-6-12(3)25-17(18(14,15)27-23)26-16(13)19(20,21)22/h1,11-12,14-15,17,23H,5-10H2,2-3H3/t11-,12+,14?,15+,17+,18?/m1/s1. The van der Waals surface area contributed by atoms with Gasteiger partial charge in [-0.15, -0.1) is 6.42 Å². The maximum Gasteiger partial charge on any atom is 0.449 e. The Morgan fingerprint density at radius 2 is 2.00 bits per heavy atom. The molecule has 5 nitrogen and oxygen atoms in total. The van der Waals surface area contributed by atoms with Crippen molar-refractivity contribution in [2.45, 2.75) is 63.7 Å². The highest BCUT2D eigenvalue weighted by Crippen LogP contribution is 2.57. The first kappa shape index (κ1) is 20.5.